The van der Waals surface area contributed by atoms with Crippen molar-refractivity contribution < 1.29 is 13.9 Å². The Hall–Kier alpha value is -4.42. The van der Waals surface area contributed by atoms with E-state index < -0.39 is 6.04 Å². The summed E-state index contributed by atoms with van der Waals surface area (Å²) < 4.78 is 12.2. The fourth-order valence-electron chi connectivity index (χ4n) is 5.12. The molecular formula is C32H28N2O4. The summed E-state index contributed by atoms with van der Waals surface area (Å²) in [5, 5.41) is 2.26. The Labute approximate surface area is 220 Å². The largest absolute Gasteiger partial charge is 0.489 e. The van der Waals surface area contributed by atoms with Gasteiger partial charge in [0.25, 0.3) is 5.91 Å². The van der Waals surface area contributed by atoms with Crippen LogP contribution in [0.5, 0.6) is 5.75 Å². The van der Waals surface area contributed by atoms with Gasteiger partial charge in [0.1, 0.15) is 17.9 Å². The minimum absolute atomic E-state index is 0.131. The minimum Gasteiger partial charge on any atom is -0.489 e. The van der Waals surface area contributed by atoms with Gasteiger partial charge in [-0.05, 0) is 48.8 Å². The average Bonchev–Trinajstić information content (AvgIpc) is 3.23. The van der Waals surface area contributed by atoms with Crippen LogP contribution in [0, 0.1) is 0 Å². The van der Waals surface area contributed by atoms with Gasteiger partial charge in [0.2, 0.25) is 5.76 Å². The quantitative estimate of drug-likeness (QED) is 0.269. The summed E-state index contributed by atoms with van der Waals surface area (Å²) in [4.78, 5) is 31.4. The number of hydrogen-bond donors (Lipinski definition) is 0. The van der Waals surface area contributed by atoms with Gasteiger partial charge in [-0.15, -0.1) is 0 Å². The Balaban J connectivity index is 1.42. The van der Waals surface area contributed by atoms with Crippen LogP contribution in [0.3, 0.4) is 0 Å². The highest BCUT2D eigenvalue weighted by Gasteiger charge is 2.42. The van der Waals surface area contributed by atoms with Gasteiger partial charge >= 0.3 is 0 Å². The molecule has 190 valence electrons. The van der Waals surface area contributed by atoms with Gasteiger partial charge in [0.05, 0.1) is 17.0 Å². The van der Waals surface area contributed by atoms with Crippen molar-refractivity contribution in [1.29, 1.82) is 0 Å². The highest BCUT2D eigenvalue weighted by atomic mass is 16.5. The minimum atomic E-state index is -0.534. The van der Waals surface area contributed by atoms with E-state index in [0.717, 1.165) is 27.6 Å². The second kappa shape index (κ2) is 9.80. The summed E-state index contributed by atoms with van der Waals surface area (Å²) in [5.74, 6) is 0.592. The Morgan fingerprint density at radius 3 is 2.34 bits per heavy atom. The number of fused-ring (bicyclic) bond motifs is 4. The van der Waals surface area contributed by atoms with E-state index in [0.29, 0.717) is 36.2 Å². The summed E-state index contributed by atoms with van der Waals surface area (Å²) in [5.41, 5.74) is 2.61. The molecule has 0 saturated heterocycles. The molecule has 0 N–H and O–H groups in total. The molecule has 1 aromatic heterocycles. The van der Waals surface area contributed by atoms with Crippen molar-refractivity contribution in [1.82, 2.24) is 9.80 Å². The van der Waals surface area contributed by atoms with E-state index in [9.17, 15) is 9.59 Å². The van der Waals surface area contributed by atoms with Crippen LogP contribution in [0.25, 0.3) is 21.7 Å². The molecule has 1 atom stereocenters. The molecule has 1 amide bonds. The fraction of sp³-hybridized carbons (Fsp3) is 0.188. The van der Waals surface area contributed by atoms with Crippen molar-refractivity contribution >= 4 is 27.6 Å². The second-order valence-corrected chi connectivity index (χ2v) is 9.89. The van der Waals surface area contributed by atoms with Crippen molar-refractivity contribution in [3.8, 4) is 5.75 Å². The van der Waals surface area contributed by atoms with Gasteiger partial charge in [-0.25, -0.2) is 0 Å². The molecule has 38 heavy (non-hydrogen) atoms. The molecule has 1 aliphatic heterocycles. The number of hydrogen-bond acceptors (Lipinski definition) is 5. The Kier molecular flexibility index (Phi) is 6.18. The Bertz CT molecular complexity index is 1690. The van der Waals surface area contributed by atoms with Crippen LogP contribution < -0.4 is 10.2 Å². The Morgan fingerprint density at radius 2 is 1.58 bits per heavy atom. The maximum absolute atomic E-state index is 13.9. The van der Waals surface area contributed by atoms with Gasteiger partial charge in [0, 0.05) is 18.5 Å². The highest BCUT2D eigenvalue weighted by molar-refractivity contribution is 6.06. The summed E-state index contributed by atoms with van der Waals surface area (Å²) in [6, 6.07) is 28.5. The van der Waals surface area contributed by atoms with Crippen molar-refractivity contribution in [2.45, 2.75) is 12.6 Å². The van der Waals surface area contributed by atoms with Gasteiger partial charge < -0.3 is 19.0 Å². The molecule has 0 fully saturated rings. The highest BCUT2D eigenvalue weighted by Crippen LogP contribution is 2.39. The molecule has 2 heterocycles. The molecule has 0 bridgehead atoms. The van der Waals surface area contributed by atoms with E-state index in [1.54, 1.807) is 11.0 Å². The predicted octanol–water partition coefficient (Wildman–Crippen LogP) is 5.63. The average molecular weight is 505 g/mol. The third kappa shape index (κ3) is 4.23. The third-order valence-electron chi connectivity index (χ3n) is 7.09. The third-order valence-corrected chi connectivity index (χ3v) is 7.09. The summed E-state index contributed by atoms with van der Waals surface area (Å²) in [7, 11) is 3.93. The van der Waals surface area contributed by atoms with E-state index >= 15 is 0 Å². The van der Waals surface area contributed by atoms with Crippen molar-refractivity contribution in [2.75, 3.05) is 27.2 Å². The SMILES string of the molecule is CN(C)CCN1C(=O)c2oc3c(ccc4ccccc43)c(=O)c2C1c1ccc(OCc2ccccc2)cc1. The van der Waals surface area contributed by atoms with E-state index in [1.807, 2.05) is 104 Å². The molecule has 0 saturated carbocycles. The summed E-state index contributed by atoms with van der Waals surface area (Å²) in [6.45, 7) is 1.58. The lowest BCUT2D eigenvalue weighted by atomic mass is 9.97. The van der Waals surface area contributed by atoms with Crippen molar-refractivity contribution in [3.63, 3.8) is 0 Å². The van der Waals surface area contributed by atoms with E-state index in [1.165, 1.54) is 0 Å². The fourth-order valence-corrected chi connectivity index (χ4v) is 5.12. The molecule has 1 aliphatic rings. The predicted molar refractivity (Wildman–Crippen MR) is 149 cm³/mol. The van der Waals surface area contributed by atoms with Crippen LogP contribution in [0.1, 0.15) is 33.3 Å². The molecule has 5 aromatic rings. The lowest BCUT2D eigenvalue weighted by Crippen LogP contribution is -2.35. The first-order valence-electron chi connectivity index (χ1n) is 12.7. The number of amides is 1. The van der Waals surface area contributed by atoms with Gasteiger partial charge in [-0.3, -0.25) is 9.59 Å². The van der Waals surface area contributed by atoms with Crippen molar-refractivity contribution in [3.05, 3.63) is 124 Å². The first kappa shape index (κ1) is 23.9. The van der Waals surface area contributed by atoms with Crippen LogP contribution in [0.15, 0.2) is 100 Å². The molecule has 0 radical (unpaired) electrons. The van der Waals surface area contributed by atoms with Crippen molar-refractivity contribution in [2.24, 2.45) is 0 Å². The lowest BCUT2D eigenvalue weighted by Gasteiger charge is -2.26. The van der Waals surface area contributed by atoms with Crippen LogP contribution in [-0.4, -0.2) is 42.9 Å². The number of nitrogens with zero attached hydrogens (tertiary/aromatic N) is 2. The van der Waals surface area contributed by atoms with Gasteiger partial charge in [0.15, 0.2) is 5.43 Å². The number of likely N-dealkylation sites (N-methyl/N-ethyl adjacent to an activating group) is 1. The maximum Gasteiger partial charge on any atom is 0.290 e. The van der Waals surface area contributed by atoms with Crippen LogP contribution in [0.4, 0.5) is 0 Å². The number of carbonyl (C=O) groups excluding carboxylic acids is 1. The molecule has 1 unspecified atom stereocenters. The second-order valence-electron chi connectivity index (χ2n) is 9.89. The number of rotatable bonds is 7. The maximum atomic E-state index is 13.9. The first-order chi connectivity index (χ1) is 18.5. The van der Waals surface area contributed by atoms with E-state index in [4.69, 9.17) is 9.15 Å². The summed E-state index contributed by atoms with van der Waals surface area (Å²) in [6.07, 6.45) is 0. The zero-order chi connectivity index (χ0) is 26.2. The monoisotopic (exact) mass is 504 g/mol. The zero-order valence-corrected chi connectivity index (χ0v) is 21.4. The molecule has 6 heteroatoms. The smallest absolute Gasteiger partial charge is 0.290 e. The molecule has 6 nitrogen and oxygen atoms in total. The Morgan fingerprint density at radius 1 is 0.842 bits per heavy atom. The molecular weight excluding hydrogens is 476 g/mol. The zero-order valence-electron chi connectivity index (χ0n) is 21.4. The number of ether oxygens (including phenoxy) is 1. The first-order valence-corrected chi connectivity index (χ1v) is 12.7. The van der Waals surface area contributed by atoms with Crippen LogP contribution >= 0.6 is 0 Å². The summed E-state index contributed by atoms with van der Waals surface area (Å²) >= 11 is 0. The molecule has 0 aliphatic carbocycles. The van der Waals surface area contributed by atoms with Gasteiger partial charge in [-0.2, -0.15) is 0 Å². The lowest BCUT2D eigenvalue weighted by molar-refractivity contribution is 0.0716. The molecule has 4 aromatic carbocycles. The van der Waals surface area contributed by atoms with E-state index in [-0.39, 0.29) is 17.1 Å². The van der Waals surface area contributed by atoms with Gasteiger partial charge in [-0.1, -0.05) is 72.8 Å². The number of benzene rings is 4. The van der Waals surface area contributed by atoms with Crippen LogP contribution in [0.2, 0.25) is 0 Å². The molecule has 0 spiro atoms. The standard InChI is InChI=1S/C32H28N2O4/c1-33(2)18-19-34-28(23-12-15-24(16-13-23)37-20-21-8-4-3-5-9-21)27-29(35)26-17-14-22-10-6-7-11-25(22)30(26)38-31(27)32(34)36/h3-17,28H,18-20H2,1-2H3. The number of carbonyl (C=O) groups is 1. The van der Waals surface area contributed by atoms with Crippen LogP contribution in [-0.2, 0) is 6.61 Å². The topological polar surface area (TPSA) is 63.0 Å². The van der Waals surface area contributed by atoms with E-state index in [2.05, 4.69) is 0 Å². The normalized spacial score (nSPS) is 15.0. The molecule has 6 rings (SSSR count).